The Morgan fingerprint density at radius 1 is 0.857 bits per heavy atom. The van der Waals surface area contributed by atoms with Gasteiger partial charge in [0.15, 0.2) is 5.82 Å². The van der Waals surface area contributed by atoms with Gasteiger partial charge < -0.3 is 17.5 Å². The number of benzene rings is 2. The number of azo groups is 1. The van der Waals surface area contributed by atoms with E-state index in [0.717, 1.165) is 10.8 Å². The molecule has 1 aromatic heterocycles. The number of aromatic hydroxyl groups is 1. The van der Waals surface area contributed by atoms with Crippen LogP contribution < -0.4 is 12.4 Å². The van der Waals surface area contributed by atoms with Crippen molar-refractivity contribution in [3.8, 4) is 5.75 Å². The maximum atomic E-state index is 9.91. The smallest absolute Gasteiger partial charge is 0.174 e. The van der Waals surface area contributed by atoms with Gasteiger partial charge in [-0.05, 0) is 23.6 Å². The molecule has 1 radical (unpaired) electrons. The third-order valence-corrected chi connectivity index (χ3v) is 2.78. The van der Waals surface area contributed by atoms with Crippen molar-refractivity contribution >= 4 is 22.3 Å². The Bertz CT molecular complexity index is 750. The number of halogens is 1. The second-order valence-corrected chi connectivity index (χ2v) is 4.04. The van der Waals surface area contributed by atoms with Gasteiger partial charge in [0.2, 0.25) is 0 Å². The number of hydrogen-bond acceptors (Lipinski definition) is 4. The fourth-order valence-corrected chi connectivity index (χ4v) is 1.86. The molecule has 3 rings (SSSR count). The van der Waals surface area contributed by atoms with Gasteiger partial charge in [-0.1, -0.05) is 36.4 Å². The molecule has 0 fully saturated rings. The number of pyridine rings is 1. The number of rotatable bonds is 2. The van der Waals surface area contributed by atoms with E-state index < -0.39 is 0 Å². The van der Waals surface area contributed by atoms with Crippen LogP contribution in [0.4, 0.5) is 11.5 Å². The summed E-state index contributed by atoms with van der Waals surface area (Å²) >= 11 is 0. The number of hydrogen-bond donors (Lipinski definition) is 1. The van der Waals surface area contributed by atoms with E-state index in [4.69, 9.17) is 0 Å². The average Bonchev–Trinajstić information content (AvgIpc) is 2.47. The minimum Gasteiger partial charge on any atom is -1.00 e. The van der Waals surface area contributed by atoms with Crippen LogP contribution in [0.15, 0.2) is 71.0 Å². The molecule has 6 heteroatoms. The predicted molar refractivity (Wildman–Crippen MR) is 74.0 cm³/mol. The van der Waals surface area contributed by atoms with Crippen molar-refractivity contribution in [2.45, 2.75) is 0 Å². The summed E-state index contributed by atoms with van der Waals surface area (Å²) in [6, 6.07) is 16.6. The Labute approximate surface area is 138 Å². The normalized spacial score (nSPS) is 10.1. The molecule has 0 amide bonds. The summed E-state index contributed by atoms with van der Waals surface area (Å²) < 4.78 is 0. The van der Waals surface area contributed by atoms with Gasteiger partial charge in [-0.3, -0.25) is 0 Å². The Morgan fingerprint density at radius 3 is 2.38 bits per heavy atom. The first-order valence-corrected chi connectivity index (χ1v) is 5.88. The minimum atomic E-state index is 0. The SMILES string of the molecule is Oc1ccc2ccccc2c1N=Nc1ccccn1.[Cl-].[Cu]. The zero-order valence-corrected chi connectivity index (χ0v) is 12.4. The molecule has 4 nitrogen and oxygen atoms in total. The van der Waals surface area contributed by atoms with Crippen LogP contribution in [0.2, 0.25) is 0 Å². The molecule has 0 bridgehead atoms. The Kier molecular flexibility index (Phi) is 6.31. The van der Waals surface area contributed by atoms with E-state index in [0.29, 0.717) is 11.5 Å². The summed E-state index contributed by atoms with van der Waals surface area (Å²) in [6.45, 7) is 0. The van der Waals surface area contributed by atoms with Crippen molar-refractivity contribution in [1.29, 1.82) is 0 Å². The van der Waals surface area contributed by atoms with E-state index in [9.17, 15) is 5.11 Å². The summed E-state index contributed by atoms with van der Waals surface area (Å²) in [5.74, 6) is 0.619. The molecule has 21 heavy (non-hydrogen) atoms. The maximum Gasteiger partial charge on any atom is 0.174 e. The third kappa shape index (κ3) is 3.79. The van der Waals surface area contributed by atoms with Gasteiger partial charge in [0.05, 0.1) is 0 Å². The first kappa shape index (κ1) is 17.1. The zero-order valence-electron chi connectivity index (χ0n) is 10.7. The van der Waals surface area contributed by atoms with Crippen LogP contribution in [-0.4, -0.2) is 10.1 Å². The Hall–Kier alpha value is -1.94. The molecule has 0 spiro atoms. The largest absolute Gasteiger partial charge is 1.00 e. The van der Waals surface area contributed by atoms with Gasteiger partial charge in [0.25, 0.3) is 0 Å². The molecule has 1 heterocycles. The second-order valence-electron chi connectivity index (χ2n) is 4.04. The summed E-state index contributed by atoms with van der Waals surface area (Å²) in [7, 11) is 0. The molecule has 0 aliphatic carbocycles. The van der Waals surface area contributed by atoms with Crippen LogP contribution in [-0.2, 0) is 17.1 Å². The number of phenolic OH excluding ortho intramolecular Hbond substituents is 1. The summed E-state index contributed by atoms with van der Waals surface area (Å²) in [5.41, 5.74) is 0.462. The van der Waals surface area contributed by atoms with Crippen molar-refractivity contribution in [2.75, 3.05) is 0 Å². The van der Waals surface area contributed by atoms with E-state index in [1.54, 1.807) is 18.3 Å². The topological polar surface area (TPSA) is 57.8 Å². The van der Waals surface area contributed by atoms with Crippen LogP contribution in [0.5, 0.6) is 5.75 Å². The monoisotopic (exact) mass is 347 g/mol. The number of nitrogens with zero attached hydrogens (tertiary/aromatic N) is 3. The second kappa shape index (κ2) is 7.74. The van der Waals surface area contributed by atoms with Crippen molar-refractivity contribution in [2.24, 2.45) is 10.2 Å². The van der Waals surface area contributed by atoms with Crippen LogP contribution in [0, 0.1) is 0 Å². The molecule has 2 aromatic carbocycles. The fraction of sp³-hybridized carbons (Fsp3) is 0. The quantitative estimate of drug-likeness (QED) is 0.562. The van der Waals surface area contributed by atoms with E-state index in [2.05, 4.69) is 15.2 Å². The molecule has 0 atom stereocenters. The maximum absolute atomic E-state index is 9.91. The fourth-order valence-electron chi connectivity index (χ4n) is 1.86. The Morgan fingerprint density at radius 2 is 1.62 bits per heavy atom. The number of aromatic nitrogens is 1. The van der Waals surface area contributed by atoms with Crippen LogP contribution in [0.25, 0.3) is 10.8 Å². The molecular weight excluding hydrogens is 337 g/mol. The molecule has 111 valence electrons. The number of phenols is 1. The molecule has 1 N–H and O–H groups in total. The molecule has 0 aliphatic rings. The van der Waals surface area contributed by atoms with Gasteiger partial charge >= 0.3 is 0 Å². The average molecular weight is 348 g/mol. The van der Waals surface area contributed by atoms with Gasteiger partial charge in [-0.2, -0.15) is 0 Å². The van der Waals surface area contributed by atoms with Crippen molar-refractivity contribution in [1.82, 2.24) is 4.98 Å². The van der Waals surface area contributed by atoms with Crippen LogP contribution in [0.1, 0.15) is 0 Å². The van der Waals surface area contributed by atoms with Gasteiger partial charge in [-0.25, -0.2) is 4.98 Å². The Balaban J connectivity index is 0.00000110. The zero-order chi connectivity index (χ0) is 13.1. The predicted octanol–water partition coefficient (Wildman–Crippen LogP) is 1.36. The van der Waals surface area contributed by atoms with Crippen LogP contribution >= 0.6 is 0 Å². The van der Waals surface area contributed by atoms with E-state index in [1.807, 2.05) is 42.5 Å². The minimum absolute atomic E-state index is 0. The molecule has 3 aromatic rings. The standard InChI is InChI=1S/C15H11N3O.ClH.Cu/c19-13-9-8-11-5-1-2-6-12(11)15(13)18-17-14-7-3-4-10-16-14;;/h1-10,19H;1H;/p-1. The van der Waals surface area contributed by atoms with E-state index in [1.165, 1.54) is 0 Å². The third-order valence-electron chi connectivity index (χ3n) is 2.78. The van der Waals surface area contributed by atoms with E-state index >= 15 is 0 Å². The van der Waals surface area contributed by atoms with Crippen molar-refractivity contribution in [3.05, 3.63) is 60.8 Å². The molecule has 0 aliphatic heterocycles. The molecule has 0 saturated heterocycles. The molecule has 0 unspecified atom stereocenters. The first-order chi connectivity index (χ1) is 9.34. The number of fused-ring (bicyclic) bond motifs is 1. The summed E-state index contributed by atoms with van der Waals surface area (Å²) in [5, 5.41) is 19.9. The summed E-state index contributed by atoms with van der Waals surface area (Å²) in [6.07, 6.45) is 1.65. The van der Waals surface area contributed by atoms with Crippen molar-refractivity contribution in [3.63, 3.8) is 0 Å². The van der Waals surface area contributed by atoms with Gasteiger partial charge in [0, 0.05) is 28.7 Å². The van der Waals surface area contributed by atoms with Crippen molar-refractivity contribution < 1.29 is 34.6 Å². The molecular formula is C15H11ClCuN3O-. The van der Waals surface area contributed by atoms with E-state index in [-0.39, 0.29) is 35.2 Å². The summed E-state index contributed by atoms with van der Waals surface area (Å²) in [4.78, 5) is 4.06. The molecule has 0 saturated carbocycles. The van der Waals surface area contributed by atoms with Gasteiger partial charge in [-0.15, -0.1) is 10.2 Å². The van der Waals surface area contributed by atoms with Gasteiger partial charge in [0.1, 0.15) is 11.4 Å². The first-order valence-electron chi connectivity index (χ1n) is 5.88. The van der Waals surface area contributed by atoms with Crippen LogP contribution in [0.3, 0.4) is 0 Å².